The second-order valence-electron chi connectivity index (χ2n) is 2.46. The molecule has 0 radical (unpaired) electrons. The van der Waals surface area contributed by atoms with Crippen LogP contribution in [0.3, 0.4) is 0 Å². The number of nitrogens with one attached hydrogen (secondary N) is 1. The van der Waals surface area contributed by atoms with E-state index in [0.717, 1.165) is 11.6 Å². The lowest BCUT2D eigenvalue weighted by Gasteiger charge is -1.93. The highest BCUT2D eigenvalue weighted by Gasteiger charge is 1.99. The summed E-state index contributed by atoms with van der Waals surface area (Å²) in [6.07, 6.45) is 1.20. The lowest BCUT2D eigenvalue weighted by molar-refractivity contribution is 0.916. The van der Waals surface area contributed by atoms with E-state index in [1.54, 1.807) is 0 Å². The van der Waals surface area contributed by atoms with Crippen LogP contribution in [-0.4, -0.2) is 20.9 Å². The fourth-order valence-electron chi connectivity index (χ4n) is 0.804. The summed E-state index contributed by atoms with van der Waals surface area (Å²) < 4.78 is 0. The first kappa shape index (κ1) is 9.54. The first-order valence-electron chi connectivity index (χ1n) is 4.04. The molecule has 0 spiro atoms. The average Bonchev–Trinajstić information content (AvgIpc) is 2.53. The van der Waals surface area contributed by atoms with Crippen molar-refractivity contribution < 1.29 is 0 Å². The van der Waals surface area contributed by atoms with Gasteiger partial charge in [0.05, 0.1) is 12.3 Å². The molecule has 3 N–H and O–H groups in total. The summed E-state index contributed by atoms with van der Waals surface area (Å²) in [5.41, 5.74) is 5.37. The molecular formula is C7H14N4S. The number of hydrogen-bond acceptors (Lipinski definition) is 4. The summed E-state index contributed by atoms with van der Waals surface area (Å²) in [7, 11) is 0. The molecule has 4 nitrogen and oxygen atoms in total. The molecule has 1 heterocycles. The standard InChI is InChI=1S/C7H14N4S/c1-2-3-12-5-7-9-6(4-8)10-11-7/h2-5,8H2,1H3,(H,9,10,11). The van der Waals surface area contributed by atoms with Crippen LogP contribution in [0.25, 0.3) is 0 Å². The molecule has 0 saturated heterocycles. The number of aromatic amines is 1. The average molecular weight is 186 g/mol. The molecule has 1 aromatic heterocycles. The van der Waals surface area contributed by atoms with Crippen LogP contribution < -0.4 is 5.73 Å². The van der Waals surface area contributed by atoms with Crippen LogP contribution in [-0.2, 0) is 12.3 Å². The Morgan fingerprint density at radius 2 is 2.42 bits per heavy atom. The van der Waals surface area contributed by atoms with Gasteiger partial charge in [0.15, 0.2) is 5.82 Å². The third-order valence-corrected chi connectivity index (χ3v) is 2.52. The molecule has 0 saturated carbocycles. The number of hydrogen-bond donors (Lipinski definition) is 2. The molecule has 0 bridgehead atoms. The molecule has 1 rings (SSSR count). The van der Waals surface area contributed by atoms with Gasteiger partial charge in [0.2, 0.25) is 0 Å². The smallest absolute Gasteiger partial charge is 0.164 e. The summed E-state index contributed by atoms with van der Waals surface area (Å²) in [5, 5.41) is 6.79. The van der Waals surface area contributed by atoms with E-state index in [-0.39, 0.29) is 0 Å². The van der Waals surface area contributed by atoms with Crippen molar-refractivity contribution in [2.45, 2.75) is 25.6 Å². The lowest BCUT2D eigenvalue weighted by atomic mass is 10.6. The summed E-state index contributed by atoms with van der Waals surface area (Å²) in [6, 6.07) is 0. The van der Waals surface area contributed by atoms with E-state index in [9.17, 15) is 0 Å². The van der Waals surface area contributed by atoms with E-state index in [1.807, 2.05) is 11.8 Å². The van der Waals surface area contributed by atoms with Crippen molar-refractivity contribution in [3.8, 4) is 0 Å². The highest BCUT2D eigenvalue weighted by Crippen LogP contribution is 2.08. The van der Waals surface area contributed by atoms with E-state index in [1.165, 1.54) is 12.2 Å². The molecule has 0 aliphatic carbocycles. The van der Waals surface area contributed by atoms with Crippen molar-refractivity contribution in [2.75, 3.05) is 5.75 Å². The fourth-order valence-corrected chi connectivity index (χ4v) is 1.56. The molecule has 0 fully saturated rings. The van der Waals surface area contributed by atoms with Crippen LogP contribution in [0.1, 0.15) is 25.0 Å². The van der Waals surface area contributed by atoms with Gasteiger partial charge in [-0.3, -0.25) is 5.10 Å². The van der Waals surface area contributed by atoms with Crippen molar-refractivity contribution in [1.29, 1.82) is 0 Å². The minimum absolute atomic E-state index is 0.412. The Balaban J connectivity index is 2.31. The van der Waals surface area contributed by atoms with E-state index in [2.05, 4.69) is 22.1 Å². The predicted molar refractivity (Wildman–Crippen MR) is 50.7 cm³/mol. The van der Waals surface area contributed by atoms with Gasteiger partial charge in [-0.2, -0.15) is 16.9 Å². The van der Waals surface area contributed by atoms with Crippen molar-refractivity contribution in [1.82, 2.24) is 15.2 Å². The largest absolute Gasteiger partial charge is 0.324 e. The second-order valence-corrected chi connectivity index (χ2v) is 3.56. The van der Waals surface area contributed by atoms with Crippen molar-refractivity contribution in [2.24, 2.45) is 5.73 Å². The molecule has 0 aliphatic heterocycles. The summed E-state index contributed by atoms with van der Waals surface area (Å²) in [5.74, 6) is 3.69. The van der Waals surface area contributed by atoms with Crippen molar-refractivity contribution >= 4 is 11.8 Å². The Labute approximate surface area is 76.3 Å². The fraction of sp³-hybridized carbons (Fsp3) is 0.714. The normalized spacial score (nSPS) is 10.5. The van der Waals surface area contributed by atoms with Gasteiger partial charge < -0.3 is 5.73 Å². The third-order valence-electron chi connectivity index (χ3n) is 1.35. The second kappa shape index (κ2) is 5.16. The Morgan fingerprint density at radius 1 is 1.58 bits per heavy atom. The number of thioether (sulfide) groups is 1. The van der Waals surface area contributed by atoms with E-state index >= 15 is 0 Å². The number of nitrogens with zero attached hydrogens (tertiary/aromatic N) is 2. The lowest BCUT2D eigenvalue weighted by Crippen LogP contribution is -1.98. The molecule has 0 aliphatic rings. The molecule has 0 unspecified atom stereocenters. The maximum atomic E-state index is 5.37. The number of aromatic nitrogens is 3. The number of rotatable bonds is 5. The van der Waals surface area contributed by atoms with Crippen molar-refractivity contribution in [3.63, 3.8) is 0 Å². The summed E-state index contributed by atoms with van der Waals surface area (Å²) in [4.78, 5) is 4.19. The Morgan fingerprint density at radius 3 is 3.00 bits per heavy atom. The Kier molecular flexibility index (Phi) is 4.10. The van der Waals surface area contributed by atoms with Crippen LogP contribution >= 0.6 is 11.8 Å². The highest BCUT2D eigenvalue weighted by atomic mass is 32.2. The minimum atomic E-state index is 0.412. The zero-order valence-corrected chi connectivity index (χ0v) is 8.02. The molecule has 0 amide bonds. The molecule has 5 heteroatoms. The van der Waals surface area contributed by atoms with Crippen LogP contribution in [0.4, 0.5) is 0 Å². The number of H-pyrrole nitrogens is 1. The number of nitrogens with two attached hydrogens (primary N) is 1. The van der Waals surface area contributed by atoms with Crippen LogP contribution in [0, 0.1) is 0 Å². The molecule has 0 aromatic carbocycles. The van der Waals surface area contributed by atoms with E-state index in [0.29, 0.717) is 12.4 Å². The van der Waals surface area contributed by atoms with Gasteiger partial charge in [0.1, 0.15) is 5.82 Å². The van der Waals surface area contributed by atoms with E-state index in [4.69, 9.17) is 5.73 Å². The topological polar surface area (TPSA) is 67.6 Å². The zero-order chi connectivity index (χ0) is 8.81. The minimum Gasteiger partial charge on any atom is -0.324 e. The van der Waals surface area contributed by atoms with Gasteiger partial charge in [0, 0.05) is 0 Å². The van der Waals surface area contributed by atoms with Crippen LogP contribution in [0.2, 0.25) is 0 Å². The Bertz CT molecular complexity index is 223. The van der Waals surface area contributed by atoms with E-state index < -0.39 is 0 Å². The molecule has 68 valence electrons. The Hall–Kier alpha value is -0.550. The first-order chi connectivity index (χ1) is 5.86. The van der Waals surface area contributed by atoms with Gasteiger partial charge in [-0.25, -0.2) is 4.98 Å². The molecule has 0 atom stereocenters. The van der Waals surface area contributed by atoms with Crippen LogP contribution in [0.5, 0.6) is 0 Å². The predicted octanol–water partition coefficient (Wildman–Crippen LogP) is 0.907. The van der Waals surface area contributed by atoms with Gasteiger partial charge in [-0.15, -0.1) is 0 Å². The molecule has 12 heavy (non-hydrogen) atoms. The third kappa shape index (κ3) is 2.83. The maximum absolute atomic E-state index is 5.37. The first-order valence-corrected chi connectivity index (χ1v) is 5.20. The summed E-state index contributed by atoms with van der Waals surface area (Å²) >= 11 is 1.86. The van der Waals surface area contributed by atoms with Gasteiger partial charge in [0.25, 0.3) is 0 Å². The van der Waals surface area contributed by atoms with Crippen LogP contribution in [0.15, 0.2) is 0 Å². The van der Waals surface area contributed by atoms with Gasteiger partial charge in [-0.05, 0) is 12.2 Å². The highest BCUT2D eigenvalue weighted by molar-refractivity contribution is 7.98. The molecular weight excluding hydrogens is 172 g/mol. The van der Waals surface area contributed by atoms with Gasteiger partial charge in [-0.1, -0.05) is 6.92 Å². The molecule has 1 aromatic rings. The monoisotopic (exact) mass is 186 g/mol. The quantitative estimate of drug-likeness (QED) is 0.671. The van der Waals surface area contributed by atoms with Gasteiger partial charge >= 0.3 is 0 Å². The zero-order valence-electron chi connectivity index (χ0n) is 7.21. The maximum Gasteiger partial charge on any atom is 0.164 e. The summed E-state index contributed by atoms with van der Waals surface area (Å²) in [6.45, 7) is 2.58. The van der Waals surface area contributed by atoms with Crippen molar-refractivity contribution in [3.05, 3.63) is 11.6 Å². The SMILES string of the molecule is CCCSCc1nc(CN)n[nH]1.